The van der Waals surface area contributed by atoms with Gasteiger partial charge in [-0.25, -0.2) is 17.9 Å². The summed E-state index contributed by atoms with van der Waals surface area (Å²) in [6, 6.07) is 3.03. The zero-order chi connectivity index (χ0) is 17.4. The van der Waals surface area contributed by atoms with Crippen molar-refractivity contribution in [3.63, 3.8) is 0 Å². The molecule has 0 atom stereocenters. The number of rotatable bonds is 8. The molecular formula is C16H27ClN2O5S. The van der Waals surface area contributed by atoms with E-state index in [2.05, 4.69) is 10.0 Å². The standard InChI is InChI=1S/C16H26N2O5S.ClH/c1-2-22-16(19)14-9-10-15(23-14)24(20,21)18-12-11-17-13-7-5-3-4-6-8-13;/h9-10,13,17-18H,2-8,11-12H2,1H3;1H. The second kappa shape index (κ2) is 10.8. The van der Waals surface area contributed by atoms with Crippen LogP contribution in [0.3, 0.4) is 0 Å². The topological polar surface area (TPSA) is 97.6 Å². The fraction of sp³-hybridized carbons (Fsp3) is 0.688. The van der Waals surface area contributed by atoms with E-state index in [9.17, 15) is 13.2 Å². The molecule has 7 nitrogen and oxygen atoms in total. The first kappa shape index (κ1) is 22.0. The summed E-state index contributed by atoms with van der Waals surface area (Å²) in [5.41, 5.74) is 0. The smallest absolute Gasteiger partial charge is 0.374 e. The number of hydrogen-bond donors (Lipinski definition) is 2. The van der Waals surface area contributed by atoms with Crippen molar-refractivity contribution in [3.05, 3.63) is 17.9 Å². The lowest BCUT2D eigenvalue weighted by Crippen LogP contribution is -2.36. The number of hydrogen-bond acceptors (Lipinski definition) is 6. The lowest BCUT2D eigenvalue weighted by molar-refractivity contribution is 0.0484. The molecule has 0 amide bonds. The monoisotopic (exact) mass is 394 g/mol. The van der Waals surface area contributed by atoms with E-state index in [0.29, 0.717) is 12.6 Å². The molecule has 144 valence electrons. The molecule has 1 aliphatic rings. The van der Waals surface area contributed by atoms with Gasteiger partial charge in [0.1, 0.15) is 0 Å². The van der Waals surface area contributed by atoms with Gasteiger partial charge in [-0.3, -0.25) is 0 Å². The molecule has 0 aliphatic heterocycles. The van der Waals surface area contributed by atoms with Crippen LogP contribution < -0.4 is 10.0 Å². The minimum atomic E-state index is -3.76. The minimum Gasteiger partial charge on any atom is -0.460 e. The highest BCUT2D eigenvalue weighted by molar-refractivity contribution is 7.89. The molecule has 1 fully saturated rings. The summed E-state index contributed by atoms with van der Waals surface area (Å²) in [4.78, 5) is 11.5. The van der Waals surface area contributed by atoms with Crippen LogP contribution >= 0.6 is 12.4 Å². The van der Waals surface area contributed by atoms with Gasteiger partial charge in [0.25, 0.3) is 10.0 Å². The maximum atomic E-state index is 12.1. The van der Waals surface area contributed by atoms with E-state index in [4.69, 9.17) is 9.15 Å². The molecule has 0 radical (unpaired) electrons. The molecule has 1 aromatic heterocycles. The molecule has 0 aromatic carbocycles. The van der Waals surface area contributed by atoms with Gasteiger partial charge in [-0.1, -0.05) is 25.7 Å². The Labute approximate surface area is 155 Å². The highest BCUT2D eigenvalue weighted by atomic mass is 35.5. The Bertz CT molecular complexity index is 624. The van der Waals surface area contributed by atoms with Crippen LogP contribution in [-0.2, 0) is 14.8 Å². The molecule has 0 unspecified atom stereocenters. The quantitative estimate of drug-likeness (QED) is 0.399. The number of nitrogens with one attached hydrogen (secondary N) is 2. The van der Waals surface area contributed by atoms with Gasteiger partial charge in [0.2, 0.25) is 10.9 Å². The number of esters is 1. The molecule has 25 heavy (non-hydrogen) atoms. The van der Waals surface area contributed by atoms with Gasteiger partial charge in [-0.2, -0.15) is 0 Å². The van der Waals surface area contributed by atoms with Crippen LogP contribution in [0.2, 0.25) is 0 Å². The maximum absolute atomic E-state index is 12.1. The summed E-state index contributed by atoms with van der Waals surface area (Å²) in [5, 5.41) is 3.12. The maximum Gasteiger partial charge on any atom is 0.374 e. The number of ether oxygens (including phenoxy) is 1. The van der Waals surface area contributed by atoms with Crippen LogP contribution in [-0.4, -0.2) is 40.1 Å². The second-order valence-corrected chi connectivity index (χ2v) is 7.58. The third kappa shape index (κ3) is 6.97. The van der Waals surface area contributed by atoms with Gasteiger partial charge >= 0.3 is 5.97 Å². The van der Waals surface area contributed by atoms with Crippen molar-refractivity contribution in [1.29, 1.82) is 0 Å². The Kier molecular flexibility index (Phi) is 9.48. The first-order valence-electron chi connectivity index (χ1n) is 8.53. The number of sulfonamides is 1. The van der Waals surface area contributed by atoms with E-state index in [1.54, 1.807) is 6.92 Å². The van der Waals surface area contributed by atoms with E-state index >= 15 is 0 Å². The SMILES string of the molecule is CCOC(=O)c1ccc(S(=O)(=O)NCCNC2CCCCCC2)o1.Cl. The van der Waals surface area contributed by atoms with Gasteiger partial charge in [-0.15, -0.1) is 12.4 Å². The molecule has 0 bridgehead atoms. The van der Waals surface area contributed by atoms with E-state index in [0.717, 1.165) is 12.8 Å². The van der Waals surface area contributed by atoms with Crippen molar-refractivity contribution >= 4 is 28.4 Å². The highest BCUT2D eigenvalue weighted by Gasteiger charge is 2.21. The van der Waals surface area contributed by atoms with Crippen LogP contribution in [0.4, 0.5) is 0 Å². The van der Waals surface area contributed by atoms with Crippen LogP contribution in [0, 0.1) is 0 Å². The molecule has 1 aliphatic carbocycles. The molecule has 0 spiro atoms. The van der Waals surface area contributed by atoms with Crippen LogP contribution in [0.5, 0.6) is 0 Å². The summed E-state index contributed by atoms with van der Waals surface area (Å²) in [6.45, 7) is 2.71. The third-order valence-corrected chi connectivity index (χ3v) is 5.36. The normalized spacial score (nSPS) is 16.0. The van der Waals surface area contributed by atoms with Crippen LogP contribution in [0.1, 0.15) is 56.0 Å². The second-order valence-electron chi connectivity index (χ2n) is 5.88. The Balaban J connectivity index is 0.00000312. The molecule has 2 rings (SSSR count). The largest absolute Gasteiger partial charge is 0.460 e. The van der Waals surface area contributed by atoms with Crippen LogP contribution in [0.15, 0.2) is 21.6 Å². The lowest BCUT2D eigenvalue weighted by Gasteiger charge is -2.16. The molecule has 1 aromatic rings. The fourth-order valence-corrected chi connectivity index (χ4v) is 3.75. The fourth-order valence-electron chi connectivity index (χ4n) is 2.79. The Morgan fingerprint density at radius 2 is 1.88 bits per heavy atom. The van der Waals surface area contributed by atoms with Gasteiger partial charge in [-0.05, 0) is 31.9 Å². The van der Waals surface area contributed by atoms with Gasteiger partial charge in [0.05, 0.1) is 6.61 Å². The van der Waals surface area contributed by atoms with Crippen molar-refractivity contribution in [2.24, 2.45) is 0 Å². The van der Waals surface area contributed by atoms with Crippen molar-refractivity contribution < 1.29 is 22.4 Å². The molecule has 1 heterocycles. The Morgan fingerprint density at radius 3 is 2.52 bits per heavy atom. The molecular weight excluding hydrogens is 368 g/mol. The first-order chi connectivity index (χ1) is 11.5. The Hall–Kier alpha value is -1.09. The lowest BCUT2D eigenvalue weighted by atomic mass is 10.1. The molecule has 0 saturated heterocycles. The third-order valence-electron chi connectivity index (χ3n) is 4.03. The summed E-state index contributed by atoms with van der Waals surface area (Å²) in [6.07, 6.45) is 7.32. The highest BCUT2D eigenvalue weighted by Crippen LogP contribution is 2.17. The molecule has 9 heteroatoms. The van der Waals surface area contributed by atoms with Crippen LogP contribution in [0.25, 0.3) is 0 Å². The summed E-state index contributed by atoms with van der Waals surface area (Å²) >= 11 is 0. The Morgan fingerprint density at radius 1 is 1.20 bits per heavy atom. The van der Waals surface area contributed by atoms with Crippen molar-refractivity contribution in [1.82, 2.24) is 10.0 Å². The predicted octanol–water partition coefficient (Wildman–Crippen LogP) is 2.47. The van der Waals surface area contributed by atoms with E-state index in [1.807, 2.05) is 0 Å². The predicted molar refractivity (Wildman–Crippen MR) is 96.6 cm³/mol. The van der Waals surface area contributed by atoms with Gasteiger partial charge in [0, 0.05) is 19.1 Å². The average Bonchev–Trinajstić information content (AvgIpc) is 2.92. The van der Waals surface area contributed by atoms with Crippen molar-refractivity contribution in [2.75, 3.05) is 19.7 Å². The zero-order valence-electron chi connectivity index (χ0n) is 14.5. The summed E-state index contributed by atoms with van der Waals surface area (Å²) in [7, 11) is -3.76. The minimum absolute atomic E-state index is 0. The van der Waals surface area contributed by atoms with E-state index in [-0.39, 0.29) is 36.4 Å². The summed E-state index contributed by atoms with van der Waals surface area (Å²) < 4.78 is 36.6. The number of carbonyl (C=O) groups excluding carboxylic acids is 1. The summed E-state index contributed by atoms with van der Waals surface area (Å²) in [5.74, 6) is -0.789. The number of carbonyl (C=O) groups is 1. The van der Waals surface area contributed by atoms with Gasteiger partial charge < -0.3 is 14.5 Å². The number of furan rings is 1. The zero-order valence-corrected chi connectivity index (χ0v) is 16.1. The molecule has 1 saturated carbocycles. The van der Waals surface area contributed by atoms with Crippen molar-refractivity contribution in [3.8, 4) is 0 Å². The van der Waals surface area contributed by atoms with E-state index in [1.165, 1.54) is 37.8 Å². The average molecular weight is 395 g/mol. The van der Waals surface area contributed by atoms with E-state index < -0.39 is 16.0 Å². The van der Waals surface area contributed by atoms with Crippen molar-refractivity contribution in [2.45, 2.75) is 56.6 Å². The molecule has 2 N–H and O–H groups in total. The first-order valence-corrected chi connectivity index (χ1v) is 10.0. The van der Waals surface area contributed by atoms with Gasteiger partial charge in [0.15, 0.2) is 0 Å². The number of halogens is 1.